The molecule has 0 radical (unpaired) electrons. The van der Waals surface area contributed by atoms with Gasteiger partial charge in [-0.3, -0.25) is 14.3 Å². The maximum atomic E-state index is 12.4. The van der Waals surface area contributed by atoms with E-state index < -0.39 is 0 Å². The topological polar surface area (TPSA) is 81.8 Å². The molecule has 1 amide bonds. The standard InChI is InChI=1S/C16H15N5O2S/c1-20-15(12-8-24-9-13(12)19-20)18-14(22)7-21-16(23)11-5-3-2-4-10(11)6-17-21/h2-6H,7-9H2,1H3,(H,18,22). The van der Waals surface area contributed by atoms with Crippen LogP contribution in [0, 0.1) is 0 Å². The Morgan fingerprint density at radius 2 is 2.17 bits per heavy atom. The van der Waals surface area contributed by atoms with Gasteiger partial charge in [-0.25, -0.2) is 4.68 Å². The Morgan fingerprint density at radius 1 is 1.33 bits per heavy atom. The Balaban J connectivity index is 1.59. The van der Waals surface area contributed by atoms with Gasteiger partial charge < -0.3 is 5.32 Å². The molecule has 1 aromatic carbocycles. The van der Waals surface area contributed by atoms with Gasteiger partial charge in [-0.15, -0.1) is 0 Å². The smallest absolute Gasteiger partial charge is 0.275 e. The first-order valence-corrected chi connectivity index (χ1v) is 8.66. The molecule has 2 aromatic heterocycles. The number of anilines is 1. The summed E-state index contributed by atoms with van der Waals surface area (Å²) < 4.78 is 2.86. The second-order valence-electron chi connectivity index (χ2n) is 5.63. The molecule has 0 unspecified atom stereocenters. The SMILES string of the molecule is Cn1nc2c(c1NC(=O)Cn1ncc3ccccc3c1=O)CSC2. The lowest BCUT2D eigenvalue weighted by molar-refractivity contribution is -0.117. The number of aryl methyl sites for hydroxylation is 1. The van der Waals surface area contributed by atoms with Crippen molar-refractivity contribution in [2.45, 2.75) is 18.1 Å². The highest BCUT2D eigenvalue weighted by atomic mass is 32.2. The summed E-state index contributed by atoms with van der Waals surface area (Å²) in [4.78, 5) is 24.8. The third kappa shape index (κ3) is 2.48. The van der Waals surface area contributed by atoms with E-state index in [9.17, 15) is 9.59 Å². The fraction of sp³-hybridized carbons (Fsp3) is 0.250. The summed E-state index contributed by atoms with van der Waals surface area (Å²) in [6, 6.07) is 7.20. The van der Waals surface area contributed by atoms with Crippen LogP contribution >= 0.6 is 11.8 Å². The third-order valence-electron chi connectivity index (χ3n) is 4.03. The van der Waals surface area contributed by atoms with Crippen LogP contribution in [-0.2, 0) is 29.9 Å². The Morgan fingerprint density at radius 3 is 3.04 bits per heavy atom. The highest BCUT2D eigenvalue weighted by Gasteiger charge is 2.22. The summed E-state index contributed by atoms with van der Waals surface area (Å²) in [5.74, 6) is 2.12. The molecular weight excluding hydrogens is 326 g/mol. The molecular formula is C16H15N5O2S. The van der Waals surface area contributed by atoms with E-state index in [1.54, 1.807) is 41.8 Å². The van der Waals surface area contributed by atoms with Crippen molar-refractivity contribution in [3.8, 4) is 0 Å². The van der Waals surface area contributed by atoms with Gasteiger partial charge in [0.05, 0.1) is 17.3 Å². The molecule has 0 spiro atoms. The zero-order valence-electron chi connectivity index (χ0n) is 13.0. The molecule has 0 aliphatic carbocycles. The summed E-state index contributed by atoms with van der Waals surface area (Å²) in [5, 5.41) is 12.7. The van der Waals surface area contributed by atoms with Gasteiger partial charge in [0, 0.05) is 29.5 Å². The first kappa shape index (κ1) is 14.9. The molecule has 1 aliphatic rings. The average Bonchev–Trinajstić information content (AvgIpc) is 3.13. The second-order valence-corrected chi connectivity index (χ2v) is 6.62. The van der Waals surface area contributed by atoms with Crippen LogP contribution in [0.15, 0.2) is 35.3 Å². The zero-order chi connectivity index (χ0) is 16.7. The number of benzene rings is 1. The number of carbonyl (C=O) groups is 1. The van der Waals surface area contributed by atoms with Crippen molar-refractivity contribution in [2.75, 3.05) is 5.32 Å². The number of hydrogen-bond donors (Lipinski definition) is 1. The van der Waals surface area contributed by atoms with Crippen LogP contribution in [0.1, 0.15) is 11.3 Å². The number of thioether (sulfide) groups is 1. The van der Waals surface area contributed by atoms with E-state index in [0.717, 1.165) is 28.1 Å². The van der Waals surface area contributed by atoms with E-state index in [1.807, 2.05) is 12.1 Å². The minimum atomic E-state index is -0.289. The predicted molar refractivity (Wildman–Crippen MR) is 92.8 cm³/mol. The first-order chi connectivity index (χ1) is 11.6. The van der Waals surface area contributed by atoms with E-state index in [2.05, 4.69) is 15.5 Å². The molecule has 122 valence electrons. The summed E-state index contributed by atoms with van der Waals surface area (Å²) in [6.07, 6.45) is 1.60. The lowest BCUT2D eigenvalue weighted by atomic mass is 10.2. The van der Waals surface area contributed by atoms with Gasteiger partial charge in [-0.05, 0) is 6.07 Å². The molecule has 8 heteroatoms. The van der Waals surface area contributed by atoms with Crippen LogP contribution in [-0.4, -0.2) is 25.5 Å². The van der Waals surface area contributed by atoms with Gasteiger partial charge in [0.2, 0.25) is 5.91 Å². The predicted octanol–water partition coefficient (Wildman–Crippen LogP) is 1.52. The second kappa shape index (κ2) is 5.79. The summed E-state index contributed by atoms with van der Waals surface area (Å²) in [5.41, 5.74) is 1.81. The molecule has 24 heavy (non-hydrogen) atoms. The minimum Gasteiger partial charge on any atom is -0.309 e. The van der Waals surface area contributed by atoms with Crippen LogP contribution < -0.4 is 10.9 Å². The van der Waals surface area contributed by atoms with Gasteiger partial charge in [-0.2, -0.15) is 22.0 Å². The maximum absolute atomic E-state index is 12.4. The molecule has 7 nitrogen and oxygen atoms in total. The number of nitrogens with one attached hydrogen (secondary N) is 1. The normalized spacial score (nSPS) is 13.2. The molecule has 0 saturated heterocycles. The molecule has 4 rings (SSSR count). The van der Waals surface area contributed by atoms with Crippen LogP contribution in [0.2, 0.25) is 0 Å². The molecule has 0 bridgehead atoms. The fourth-order valence-corrected chi connectivity index (χ4v) is 3.88. The number of fused-ring (bicyclic) bond motifs is 2. The van der Waals surface area contributed by atoms with Crippen molar-refractivity contribution in [1.82, 2.24) is 19.6 Å². The van der Waals surface area contributed by atoms with Crippen molar-refractivity contribution in [3.63, 3.8) is 0 Å². The first-order valence-electron chi connectivity index (χ1n) is 7.50. The van der Waals surface area contributed by atoms with Crippen LogP contribution in [0.4, 0.5) is 5.82 Å². The van der Waals surface area contributed by atoms with Crippen LogP contribution in [0.5, 0.6) is 0 Å². The van der Waals surface area contributed by atoms with Crippen LogP contribution in [0.3, 0.4) is 0 Å². The largest absolute Gasteiger partial charge is 0.309 e. The van der Waals surface area contributed by atoms with Gasteiger partial charge in [0.25, 0.3) is 5.56 Å². The Kier molecular flexibility index (Phi) is 3.61. The molecule has 0 atom stereocenters. The van der Waals surface area contributed by atoms with Crippen molar-refractivity contribution in [1.29, 1.82) is 0 Å². The molecule has 1 N–H and O–H groups in total. The molecule has 3 heterocycles. The lowest BCUT2D eigenvalue weighted by Crippen LogP contribution is -2.30. The number of nitrogens with zero attached hydrogens (tertiary/aromatic N) is 4. The number of amides is 1. The zero-order valence-corrected chi connectivity index (χ0v) is 13.8. The van der Waals surface area contributed by atoms with Crippen molar-refractivity contribution in [3.05, 3.63) is 52.1 Å². The van der Waals surface area contributed by atoms with E-state index in [1.165, 1.54) is 4.68 Å². The van der Waals surface area contributed by atoms with E-state index in [-0.39, 0.29) is 18.0 Å². The molecule has 0 saturated carbocycles. The quantitative estimate of drug-likeness (QED) is 0.781. The molecule has 1 aliphatic heterocycles. The Labute approximate surface area is 141 Å². The lowest BCUT2D eigenvalue weighted by Gasteiger charge is -2.09. The number of hydrogen-bond acceptors (Lipinski definition) is 5. The van der Waals surface area contributed by atoms with Crippen molar-refractivity contribution in [2.24, 2.45) is 7.05 Å². The highest BCUT2D eigenvalue weighted by Crippen LogP contribution is 2.34. The number of rotatable bonds is 3. The number of aromatic nitrogens is 4. The summed E-state index contributed by atoms with van der Waals surface area (Å²) in [7, 11) is 1.80. The van der Waals surface area contributed by atoms with Gasteiger partial charge >= 0.3 is 0 Å². The van der Waals surface area contributed by atoms with Crippen LogP contribution in [0.25, 0.3) is 10.8 Å². The molecule has 3 aromatic rings. The monoisotopic (exact) mass is 341 g/mol. The van der Waals surface area contributed by atoms with Gasteiger partial charge in [0.15, 0.2) is 0 Å². The Hall–Kier alpha value is -2.61. The molecule has 0 fully saturated rings. The summed E-state index contributed by atoms with van der Waals surface area (Å²) in [6.45, 7) is -0.128. The number of carbonyl (C=O) groups excluding carboxylic acids is 1. The fourth-order valence-electron chi connectivity index (χ4n) is 2.85. The third-order valence-corrected chi connectivity index (χ3v) is 5.00. The maximum Gasteiger partial charge on any atom is 0.275 e. The highest BCUT2D eigenvalue weighted by molar-refractivity contribution is 7.98. The average molecular weight is 341 g/mol. The van der Waals surface area contributed by atoms with E-state index >= 15 is 0 Å². The summed E-state index contributed by atoms with van der Waals surface area (Å²) >= 11 is 1.77. The van der Waals surface area contributed by atoms with Crippen molar-refractivity contribution < 1.29 is 4.79 Å². The Bertz CT molecular complexity index is 1010. The van der Waals surface area contributed by atoms with Gasteiger partial charge in [0.1, 0.15) is 12.4 Å². The van der Waals surface area contributed by atoms with Crippen molar-refractivity contribution >= 4 is 34.3 Å². The van der Waals surface area contributed by atoms with Gasteiger partial charge in [-0.1, -0.05) is 18.2 Å². The minimum absolute atomic E-state index is 0.128. The van der Waals surface area contributed by atoms with E-state index in [0.29, 0.717) is 11.2 Å². The van der Waals surface area contributed by atoms with E-state index in [4.69, 9.17) is 0 Å².